The van der Waals surface area contributed by atoms with Crippen molar-refractivity contribution < 1.29 is 22.7 Å². The zero-order valence-corrected chi connectivity index (χ0v) is 20.2. The summed E-state index contributed by atoms with van der Waals surface area (Å²) in [7, 11) is -3.44. The van der Waals surface area contributed by atoms with Crippen molar-refractivity contribution >= 4 is 21.3 Å². The molecule has 6 nitrogen and oxygen atoms in total. The maximum atomic E-state index is 14.3. The minimum absolute atomic E-state index is 0.0696. The molecule has 3 N–H and O–H groups in total. The minimum Gasteiger partial charge on any atom is -0.396 e. The number of carbonyl (C=O) groups is 1. The molecule has 8 heteroatoms. The maximum absolute atomic E-state index is 14.3. The number of carbonyl (C=O) groups excluding carboxylic acids is 1. The van der Waals surface area contributed by atoms with E-state index in [2.05, 4.69) is 13.8 Å². The van der Waals surface area contributed by atoms with E-state index in [1.807, 2.05) is 35.2 Å². The van der Waals surface area contributed by atoms with Crippen LogP contribution in [0.15, 0.2) is 42.5 Å². The molecule has 1 heterocycles. The fraction of sp³-hybridized carbons (Fsp3) is 0.480. The molecule has 2 aromatic rings. The van der Waals surface area contributed by atoms with Crippen molar-refractivity contribution in [2.24, 2.45) is 11.8 Å². The Morgan fingerprint density at radius 2 is 1.85 bits per heavy atom. The van der Waals surface area contributed by atoms with Crippen LogP contribution in [0.25, 0.3) is 0 Å². The third-order valence-electron chi connectivity index (χ3n) is 6.13. The topological polar surface area (TPSA) is 101 Å². The van der Waals surface area contributed by atoms with Crippen LogP contribution in [0.4, 0.5) is 10.1 Å². The first-order valence-corrected chi connectivity index (χ1v) is 13.0. The average molecular weight is 477 g/mol. The van der Waals surface area contributed by atoms with E-state index in [0.717, 1.165) is 5.56 Å². The molecule has 1 saturated heterocycles. The first-order valence-electron chi connectivity index (χ1n) is 11.2. The Bertz CT molecular complexity index is 1090. The number of Topliss-reactive ketones (excluding diaryl/α,β-unsaturated/α-hetero) is 1. The van der Waals surface area contributed by atoms with Crippen LogP contribution in [0.1, 0.15) is 42.3 Å². The van der Waals surface area contributed by atoms with E-state index in [4.69, 9.17) is 5.73 Å². The number of nitrogen functional groups attached to an aromatic ring is 1. The number of halogens is 1. The Morgan fingerprint density at radius 3 is 2.45 bits per heavy atom. The van der Waals surface area contributed by atoms with Crippen LogP contribution in [0, 0.1) is 17.7 Å². The molecule has 180 valence electrons. The first-order chi connectivity index (χ1) is 15.5. The molecule has 3 atom stereocenters. The summed E-state index contributed by atoms with van der Waals surface area (Å²) in [5.74, 6) is -1.75. The van der Waals surface area contributed by atoms with Gasteiger partial charge in [-0.15, -0.1) is 0 Å². The lowest BCUT2D eigenvalue weighted by atomic mass is 9.89. The lowest BCUT2D eigenvalue weighted by molar-refractivity contribution is 0.0117. The number of hydrogen-bond donors (Lipinski definition) is 2. The minimum atomic E-state index is -3.44. The second-order valence-electron chi connectivity index (χ2n) is 9.50. The summed E-state index contributed by atoms with van der Waals surface area (Å²) < 4.78 is 40.0. The molecular formula is C25H33FN2O4S. The van der Waals surface area contributed by atoms with Crippen LogP contribution in [-0.4, -0.2) is 54.4 Å². The number of ketones is 1. The highest BCUT2D eigenvalue weighted by atomic mass is 32.2. The van der Waals surface area contributed by atoms with E-state index < -0.39 is 33.7 Å². The molecule has 0 saturated carbocycles. The number of aliphatic hydroxyl groups excluding tert-OH is 1. The number of rotatable bonds is 8. The predicted molar refractivity (Wildman–Crippen MR) is 128 cm³/mol. The van der Waals surface area contributed by atoms with E-state index in [9.17, 15) is 22.7 Å². The van der Waals surface area contributed by atoms with Crippen LogP contribution in [0.3, 0.4) is 0 Å². The summed E-state index contributed by atoms with van der Waals surface area (Å²) in [5, 5.41) is 11.3. The lowest BCUT2D eigenvalue weighted by Crippen LogP contribution is -2.56. The molecule has 2 aromatic carbocycles. The molecule has 0 aliphatic carbocycles. The summed E-state index contributed by atoms with van der Waals surface area (Å²) >= 11 is 0. The number of anilines is 1. The van der Waals surface area contributed by atoms with Gasteiger partial charge in [0, 0.05) is 24.6 Å². The zero-order valence-electron chi connectivity index (χ0n) is 19.4. The average Bonchev–Trinajstić information content (AvgIpc) is 2.72. The Balaban J connectivity index is 1.91. The lowest BCUT2D eigenvalue weighted by Gasteiger charge is -2.42. The second kappa shape index (κ2) is 10.3. The molecule has 1 aliphatic heterocycles. The van der Waals surface area contributed by atoms with Crippen LogP contribution in [0.2, 0.25) is 0 Å². The highest BCUT2D eigenvalue weighted by Crippen LogP contribution is 2.30. The third kappa shape index (κ3) is 6.40. The van der Waals surface area contributed by atoms with E-state index >= 15 is 0 Å². The normalized spacial score (nSPS) is 22.6. The summed E-state index contributed by atoms with van der Waals surface area (Å²) in [6.07, 6.45) is -0.785. The largest absolute Gasteiger partial charge is 0.396 e. The molecule has 0 bridgehead atoms. The SMILES string of the molecule is CC(=O)c1cc(CC2CS(=O)(=O)CC(N(Cc3ccccc3)CC(C)C)C2O)cc(F)c1N. The first kappa shape index (κ1) is 25.3. The maximum Gasteiger partial charge on any atom is 0.161 e. The summed E-state index contributed by atoms with van der Waals surface area (Å²) in [6.45, 7) is 6.56. The van der Waals surface area contributed by atoms with Crippen molar-refractivity contribution in [3.63, 3.8) is 0 Å². The Kier molecular flexibility index (Phi) is 7.92. The number of hydrogen-bond acceptors (Lipinski definition) is 6. The quantitative estimate of drug-likeness (QED) is 0.449. The van der Waals surface area contributed by atoms with Gasteiger partial charge in [-0.1, -0.05) is 44.2 Å². The molecule has 1 fully saturated rings. The summed E-state index contributed by atoms with van der Waals surface area (Å²) in [5.41, 5.74) is 7.03. The highest BCUT2D eigenvalue weighted by molar-refractivity contribution is 7.91. The van der Waals surface area contributed by atoms with E-state index in [1.165, 1.54) is 19.1 Å². The molecule has 1 aliphatic rings. The van der Waals surface area contributed by atoms with Crippen molar-refractivity contribution in [1.29, 1.82) is 0 Å². The Hall–Kier alpha value is -2.29. The molecule has 3 unspecified atom stereocenters. The van der Waals surface area contributed by atoms with Gasteiger partial charge < -0.3 is 10.8 Å². The van der Waals surface area contributed by atoms with E-state index in [-0.39, 0.29) is 40.9 Å². The summed E-state index contributed by atoms with van der Waals surface area (Å²) in [6, 6.07) is 11.9. The highest BCUT2D eigenvalue weighted by Gasteiger charge is 2.42. The zero-order chi connectivity index (χ0) is 24.3. The van der Waals surface area contributed by atoms with Crippen molar-refractivity contribution in [2.45, 2.75) is 45.9 Å². The van der Waals surface area contributed by atoms with Crippen LogP contribution >= 0.6 is 0 Å². The molecule has 0 radical (unpaired) electrons. The van der Waals surface area contributed by atoms with Crippen molar-refractivity contribution in [3.05, 3.63) is 65.0 Å². The van der Waals surface area contributed by atoms with Crippen molar-refractivity contribution in [2.75, 3.05) is 23.8 Å². The van der Waals surface area contributed by atoms with Crippen molar-refractivity contribution in [1.82, 2.24) is 4.90 Å². The third-order valence-corrected chi connectivity index (χ3v) is 7.92. The monoisotopic (exact) mass is 476 g/mol. The molecule has 0 spiro atoms. The predicted octanol–water partition coefficient (Wildman–Crippen LogP) is 3.09. The van der Waals surface area contributed by atoms with E-state index in [1.54, 1.807) is 0 Å². The van der Waals surface area contributed by atoms with Gasteiger partial charge in [0.05, 0.1) is 29.3 Å². The molecule has 33 heavy (non-hydrogen) atoms. The van der Waals surface area contributed by atoms with E-state index in [0.29, 0.717) is 18.7 Å². The van der Waals surface area contributed by atoms with Gasteiger partial charge >= 0.3 is 0 Å². The molecule has 0 aromatic heterocycles. The van der Waals surface area contributed by atoms with Gasteiger partial charge in [-0.25, -0.2) is 12.8 Å². The van der Waals surface area contributed by atoms with Crippen LogP contribution < -0.4 is 5.73 Å². The number of sulfone groups is 1. The van der Waals surface area contributed by atoms with Gasteiger partial charge in [0.1, 0.15) is 5.82 Å². The second-order valence-corrected chi connectivity index (χ2v) is 11.7. The van der Waals surface area contributed by atoms with Gasteiger partial charge in [0.2, 0.25) is 0 Å². The van der Waals surface area contributed by atoms with Gasteiger partial charge in [-0.05, 0) is 42.5 Å². The molecule has 3 rings (SSSR count). The number of nitrogens with zero attached hydrogens (tertiary/aromatic N) is 1. The van der Waals surface area contributed by atoms with Gasteiger partial charge in [-0.2, -0.15) is 0 Å². The molecular weight excluding hydrogens is 443 g/mol. The summed E-state index contributed by atoms with van der Waals surface area (Å²) in [4.78, 5) is 13.9. The Morgan fingerprint density at radius 1 is 1.18 bits per heavy atom. The van der Waals surface area contributed by atoms with Crippen LogP contribution in [0.5, 0.6) is 0 Å². The number of benzene rings is 2. The fourth-order valence-electron chi connectivity index (χ4n) is 4.66. The molecule has 0 amide bonds. The smallest absolute Gasteiger partial charge is 0.161 e. The van der Waals surface area contributed by atoms with Crippen LogP contribution in [-0.2, 0) is 22.8 Å². The number of nitrogens with two attached hydrogens (primary N) is 1. The number of aliphatic hydroxyl groups is 1. The Labute approximate surface area is 195 Å². The van der Waals surface area contributed by atoms with Gasteiger partial charge in [0.25, 0.3) is 0 Å². The van der Waals surface area contributed by atoms with Gasteiger partial charge in [-0.3, -0.25) is 9.69 Å². The fourth-order valence-corrected chi connectivity index (χ4v) is 6.69. The standard InChI is InChI=1S/C25H33FN2O4S/c1-16(2)12-28(13-18-7-5-4-6-8-18)23-15-33(31,32)14-20(25(23)30)9-19-10-21(17(3)29)24(27)22(26)11-19/h4-8,10-11,16,20,23,25,30H,9,12-15,27H2,1-3H3. The van der Waals surface area contributed by atoms with Crippen molar-refractivity contribution in [3.8, 4) is 0 Å². The van der Waals surface area contributed by atoms with Gasteiger partial charge in [0.15, 0.2) is 15.6 Å².